The molecular formula is C5H8NO. The number of nitrogens with zero attached hydrogens (tertiary/aromatic N) is 1. The zero-order valence-corrected chi connectivity index (χ0v) is 4.35. The lowest BCUT2D eigenvalue weighted by atomic mass is 10.2. The van der Waals surface area contributed by atoms with E-state index in [4.69, 9.17) is 5.73 Å². The van der Waals surface area contributed by atoms with Gasteiger partial charge in [-0.25, -0.2) is 0 Å². The van der Waals surface area contributed by atoms with Crippen molar-refractivity contribution in [1.29, 1.82) is 0 Å². The fourth-order valence-electron chi connectivity index (χ4n) is 0.268. The molecule has 0 heterocycles. The molecule has 0 aliphatic heterocycles. The van der Waals surface area contributed by atoms with Crippen LogP contribution in [0, 0.1) is 6.42 Å². The Bertz CT molecular complexity index is 61.1. The number of hydrogen-bond acceptors (Lipinski definition) is 1. The van der Waals surface area contributed by atoms with E-state index < -0.39 is 5.91 Å². The van der Waals surface area contributed by atoms with Gasteiger partial charge in [0.25, 0.3) is 5.91 Å². The zero-order chi connectivity index (χ0) is 5.70. The Morgan fingerprint density at radius 1 is 1.86 bits per heavy atom. The second-order valence-corrected chi connectivity index (χ2v) is 1.33. The Kier molecular flexibility index (Phi) is 3.38. The second kappa shape index (κ2) is 3.65. The summed E-state index contributed by atoms with van der Waals surface area (Å²) in [4.78, 5) is 9.70. The predicted octanol–water partition coefficient (Wildman–Crippen LogP) is 0.586. The third kappa shape index (κ3) is 5.47. The lowest BCUT2D eigenvalue weighted by molar-refractivity contribution is -0.115. The van der Waals surface area contributed by atoms with Gasteiger partial charge < -0.3 is 0 Å². The van der Waals surface area contributed by atoms with Crippen LogP contribution >= 0.6 is 0 Å². The van der Waals surface area contributed by atoms with Gasteiger partial charge in [-0.2, -0.15) is 0 Å². The Balaban J connectivity index is 2.82. The summed E-state index contributed by atoms with van der Waals surface area (Å²) < 4.78 is 0. The maximum Gasteiger partial charge on any atom is 0.268 e. The van der Waals surface area contributed by atoms with E-state index >= 15 is 0 Å². The van der Waals surface area contributed by atoms with E-state index in [1.807, 2.05) is 6.92 Å². The van der Waals surface area contributed by atoms with Crippen LogP contribution in [-0.2, 0) is 4.79 Å². The molecule has 0 atom stereocenters. The first kappa shape index (κ1) is 6.47. The maximum absolute atomic E-state index is 9.70. The average molecular weight is 98.1 g/mol. The Morgan fingerprint density at radius 2 is 2.43 bits per heavy atom. The summed E-state index contributed by atoms with van der Waals surface area (Å²) in [5, 5.41) is 0. The first-order valence-corrected chi connectivity index (χ1v) is 2.33. The molecule has 0 aliphatic carbocycles. The van der Waals surface area contributed by atoms with Crippen molar-refractivity contribution >= 4 is 5.91 Å². The lowest BCUT2D eigenvalue weighted by Gasteiger charge is -1.83. The molecule has 0 fully saturated rings. The zero-order valence-electron chi connectivity index (χ0n) is 4.35. The summed E-state index contributed by atoms with van der Waals surface area (Å²) in [6.45, 7) is 1.94. The van der Waals surface area contributed by atoms with Gasteiger partial charge in [-0.05, 0) is 6.42 Å². The molecule has 0 bridgehead atoms. The van der Waals surface area contributed by atoms with E-state index in [2.05, 4.69) is 0 Å². The van der Waals surface area contributed by atoms with E-state index in [1.165, 1.54) is 6.42 Å². The maximum atomic E-state index is 9.70. The van der Waals surface area contributed by atoms with Gasteiger partial charge in [0, 0.05) is 0 Å². The van der Waals surface area contributed by atoms with Crippen molar-refractivity contribution in [3.63, 3.8) is 0 Å². The van der Waals surface area contributed by atoms with Crippen LogP contribution in [0.5, 0.6) is 0 Å². The number of amides is 1. The van der Waals surface area contributed by atoms with Crippen molar-refractivity contribution < 1.29 is 4.79 Å². The smallest absolute Gasteiger partial charge is 0.268 e. The van der Waals surface area contributed by atoms with Crippen LogP contribution in [0.4, 0.5) is 0 Å². The lowest BCUT2D eigenvalue weighted by Crippen LogP contribution is -1.96. The molecule has 0 saturated carbocycles. The van der Waals surface area contributed by atoms with Crippen LogP contribution < -0.4 is 5.73 Å². The summed E-state index contributed by atoms with van der Waals surface area (Å²) in [6, 6.07) is 0. The quantitative estimate of drug-likeness (QED) is 0.509. The van der Waals surface area contributed by atoms with E-state index in [0.717, 1.165) is 6.42 Å². The van der Waals surface area contributed by atoms with Crippen molar-refractivity contribution in [3.8, 4) is 0 Å². The first-order chi connectivity index (χ1) is 3.27. The van der Waals surface area contributed by atoms with Gasteiger partial charge in [-0.3, -0.25) is 4.79 Å². The SMILES string of the molecule is CCC[CH]C([N])=O. The molecule has 1 amide bonds. The van der Waals surface area contributed by atoms with Crippen LogP contribution in [0.2, 0.25) is 0 Å². The highest BCUT2D eigenvalue weighted by molar-refractivity contribution is 5.81. The van der Waals surface area contributed by atoms with Crippen LogP contribution in [0.1, 0.15) is 19.8 Å². The fourth-order valence-corrected chi connectivity index (χ4v) is 0.268. The largest absolute Gasteiger partial charge is 0.271 e. The van der Waals surface area contributed by atoms with Gasteiger partial charge in [-0.1, -0.05) is 13.3 Å². The van der Waals surface area contributed by atoms with Crippen molar-refractivity contribution in [2.24, 2.45) is 0 Å². The van der Waals surface area contributed by atoms with Crippen LogP contribution in [0.3, 0.4) is 0 Å². The average Bonchev–Trinajstić information content (AvgIpc) is 1.61. The molecule has 0 aromatic carbocycles. The molecule has 7 heavy (non-hydrogen) atoms. The van der Waals surface area contributed by atoms with Crippen molar-refractivity contribution in [2.45, 2.75) is 19.8 Å². The molecule has 0 saturated heterocycles. The van der Waals surface area contributed by atoms with Gasteiger partial charge in [0.15, 0.2) is 0 Å². The van der Waals surface area contributed by atoms with Crippen LogP contribution in [0.25, 0.3) is 0 Å². The molecule has 0 aromatic rings. The van der Waals surface area contributed by atoms with Gasteiger partial charge in [0.2, 0.25) is 0 Å². The summed E-state index contributed by atoms with van der Waals surface area (Å²) in [5.74, 6) is -0.818. The minimum Gasteiger partial charge on any atom is -0.271 e. The number of unbranched alkanes of at least 4 members (excludes halogenated alkanes) is 1. The molecule has 0 spiro atoms. The van der Waals surface area contributed by atoms with Crippen molar-refractivity contribution in [3.05, 3.63) is 6.42 Å². The first-order valence-electron chi connectivity index (χ1n) is 2.33. The van der Waals surface area contributed by atoms with Crippen molar-refractivity contribution in [1.82, 2.24) is 5.73 Å². The van der Waals surface area contributed by atoms with Gasteiger partial charge in [0.05, 0.1) is 6.42 Å². The molecule has 0 aliphatic rings. The minimum atomic E-state index is -0.818. The third-order valence-electron chi connectivity index (χ3n) is 0.608. The fraction of sp³-hybridized carbons (Fsp3) is 0.600. The molecule has 39 valence electrons. The van der Waals surface area contributed by atoms with E-state index in [1.54, 1.807) is 0 Å². The van der Waals surface area contributed by atoms with Crippen LogP contribution in [-0.4, -0.2) is 5.91 Å². The second-order valence-electron chi connectivity index (χ2n) is 1.33. The molecular weight excluding hydrogens is 90.1 g/mol. The highest BCUT2D eigenvalue weighted by Crippen LogP contribution is 1.89. The summed E-state index contributed by atoms with van der Waals surface area (Å²) in [5.41, 5.74) is 7.99. The molecule has 2 nitrogen and oxygen atoms in total. The number of rotatable bonds is 3. The summed E-state index contributed by atoms with van der Waals surface area (Å²) >= 11 is 0. The van der Waals surface area contributed by atoms with Crippen LogP contribution in [0.15, 0.2) is 0 Å². The van der Waals surface area contributed by atoms with E-state index in [-0.39, 0.29) is 0 Å². The molecule has 0 rings (SSSR count). The monoisotopic (exact) mass is 98.1 g/mol. The van der Waals surface area contributed by atoms with Gasteiger partial charge >= 0.3 is 0 Å². The Morgan fingerprint density at radius 3 is 2.57 bits per heavy atom. The molecule has 3 radical (unpaired) electrons. The Labute approximate surface area is 43.7 Å². The highest BCUT2D eigenvalue weighted by Gasteiger charge is 1.92. The van der Waals surface area contributed by atoms with E-state index in [0.29, 0.717) is 6.42 Å². The van der Waals surface area contributed by atoms with Gasteiger partial charge in [0.1, 0.15) is 0 Å². The highest BCUT2D eigenvalue weighted by atomic mass is 16.1. The molecule has 0 N–H and O–H groups in total. The number of carbonyl (C=O) groups is 1. The van der Waals surface area contributed by atoms with Gasteiger partial charge in [-0.15, -0.1) is 5.73 Å². The minimum absolute atomic E-state index is 0.676. The molecule has 0 unspecified atom stereocenters. The topological polar surface area (TPSA) is 39.4 Å². The number of carbonyl (C=O) groups excluding carboxylic acids is 1. The third-order valence-corrected chi connectivity index (χ3v) is 0.608. The standard InChI is InChI=1S/C5H8NO/c1-2-3-4-5(6)7/h4H,2-3H2,1H3. The number of hydrogen-bond donors (Lipinski definition) is 0. The van der Waals surface area contributed by atoms with E-state index in [9.17, 15) is 4.79 Å². The predicted molar refractivity (Wildman–Crippen MR) is 26.3 cm³/mol. The Hall–Kier alpha value is -0.530. The molecule has 2 heteroatoms. The molecule has 0 aromatic heterocycles. The summed E-state index contributed by atoms with van der Waals surface area (Å²) in [7, 11) is 0. The normalized spacial score (nSPS) is 8.71. The van der Waals surface area contributed by atoms with Crippen molar-refractivity contribution in [2.75, 3.05) is 0 Å². The summed E-state index contributed by atoms with van der Waals surface area (Å²) in [6.07, 6.45) is 2.85.